The summed E-state index contributed by atoms with van der Waals surface area (Å²) in [6.07, 6.45) is 3.09. The molecule has 0 aliphatic heterocycles. The fourth-order valence-corrected chi connectivity index (χ4v) is 1.75. The van der Waals surface area contributed by atoms with E-state index in [1.54, 1.807) is 0 Å². The molecule has 0 spiro atoms. The van der Waals surface area contributed by atoms with Crippen molar-refractivity contribution >= 4 is 0 Å². The van der Waals surface area contributed by atoms with Crippen LogP contribution < -0.4 is 5.32 Å². The van der Waals surface area contributed by atoms with Crippen LogP contribution in [0.15, 0.2) is 18.2 Å². The average Bonchev–Trinajstić information content (AvgIpc) is 2.27. The van der Waals surface area contributed by atoms with E-state index in [1.807, 2.05) is 0 Å². The highest BCUT2D eigenvalue weighted by molar-refractivity contribution is 5.19. The molecular formula is C13H19F2N. The maximum absolute atomic E-state index is 13.3. The fourth-order valence-electron chi connectivity index (χ4n) is 1.75. The molecule has 0 aliphatic rings. The SMILES string of the molecule is CCCC(CC)NCc1c(F)cccc1F. The summed E-state index contributed by atoms with van der Waals surface area (Å²) in [5.41, 5.74) is 0.136. The van der Waals surface area contributed by atoms with Gasteiger partial charge in [0.15, 0.2) is 0 Å². The van der Waals surface area contributed by atoms with Gasteiger partial charge >= 0.3 is 0 Å². The van der Waals surface area contributed by atoms with Crippen molar-refractivity contribution in [3.05, 3.63) is 35.4 Å². The average molecular weight is 227 g/mol. The van der Waals surface area contributed by atoms with Crippen LogP contribution in [0.4, 0.5) is 8.78 Å². The first-order valence-electron chi connectivity index (χ1n) is 5.85. The van der Waals surface area contributed by atoms with E-state index in [9.17, 15) is 8.78 Å². The van der Waals surface area contributed by atoms with Crippen LogP contribution >= 0.6 is 0 Å². The molecule has 0 fully saturated rings. The molecule has 0 radical (unpaired) electrons. The van der Waals surface area contributed by atoms with Gasteiger partial charge in [0.2, 0.25) is 0 Å². The van der Waals surface area contributed by atoms with Gasteiger partial charge in [-0.25, -0.2) is 8.78 Å². The lowest BCUT2D eigenvalue weighted by Gasteiger charge is -2.16. The standard InChI is InChI=1S/C13H19F2N/c1-3-6-10(4-2)16-9-11-12(14)7-5-8-13(11)15/h5,7-8,10,16H,3-4,6,9H2,1-2H3. The Hall–Kier alpha value is -0.960. The van der Waals surface area contributed by atoms with Gasteiger partial charge in [-0.1, -0.05) is 26.3 Å². The van der Waals surface area contributed by atoms with Gasteiger partial charge in [-0.2, -0.15) is 0 Å². The normalized spacial score (nSPS) is 12.8. The zero-order valence-electron chi connectivity index (χ0n) is 9.89. The van der Waals surface area contributed by atoms with Crippen LogP contribution in [0.5, 0.6) is 0 Å². The molecule has 90 valence electrons. The van der Waals surface area contributed by atoms with Crippen LogP contribution in [-0.4, -0.2) is 6.04 Å². The highest BCUT2D eigenvalue weighted by atomic mass is 19.1. The number of benzene rings is 1. The van der Waals surface area contributed by atoms with E-state index >= 15 is 0 Å². The maximum Gasteiger partial charge on any atom is 0.130 e. The molecule has 0 aromatic heterocycles. The Morgan fingerprint density at radius 2 is 1.81 bits per heavy atom. The molecule has 0 bridgehead atoms. The molecule has 1 nitrogen and oxygen atoms in total. The molecule has 1 atom stereocenters. The molecular weight excluding hydrogens is 208 g/mol. The number of halogens is 2. The number of hydrogen-bond acceptors (Lipinski definition) is 1. The third kappa shape index (κ3) is 3.56. The van der Waals surface area contributed by atoms with Gasteiger partial charge in [-0.15, -0.1) is 0 Å². The fraction of sp³-hybridized carbons (Fsp3) is 0.538. The molecule has 0 heterocycles. The molecule has 1 unspecified atom stereocenters. The Kier molecular flexibility index (Phi) is 5.39. The van der Waals surface area contributed by atoms with Crippen molar-refractivity contribution in [1.82, 2.24) is 5.32 Å². The molecule has 0 saturated heterocycles. The summed E-state index contributed by atoms with van der Waals surface area (Å²) in [5.74, 6) is -0.947. The predicted molar refractivity (Wildman–Crippen MR) is 62.2 cm³/mol. The molecule has 1 aromatic rings. The summed E-state index contributed by atoms with van der Waals surface area (Å²) in [7, 11) is 0. The zero-order valence-corrected chi connectivity index (χ0v) is 9.89. The van der Waals surface area contributed by atoms with Gasteiger partial charge in [-0.05, 0) is 25.0 Å². The predicted octanol–water partition coefficient (Wildman–Crippen LogP) is 3.63. The van der Waals surface area contributed by atoms with E-state index in [0.29, 0.717) is 6.04 Å². The summed E-state index contributed by atoms with van der Waals surface area (Å²) in [4.78, 5) is 0. The molecule has 0 amide bonds. The van der Waals surface area contributed by atoms with E-state index in [-0.39, 0.29) is 12.1 Å². The smallest absolute Gasteiger partial charge is 0.130 e. The molecule has 0 aliphatic carbocycles. The second-order valence-electron chi connectivity index (χ2n) is 3.97. The molecule has 3 heteroatoms. The Bertz CT molecular complexity index is 305. The first kappa shape index (κ1) is 13.1. The van der Waals surface area contributed by atoms with Crippen molar-refractivity contribution < 1.29 is 8.78 Å². The number of hydrogen-bond donors (Lipinski definition) is 1. The van der Waals surface area contributed by atoms with Crippen molar-refractivity contribution in [2.45, 2.75) is 45.7 Å². The van der Waals surface area contributed by atoms with Gasteiger partial charge in [0.1, 0.15) is 11.6 Å². The van der Waals surface area contributed by atoms with E-state index < -0.39 is 11.6 Å². The summed E-state index contributed by atoms with van der Waals surface area (Å²) in [5, 5.41) is 3.19. The van der Waals surface area contributed by atoms with E-state index in [0.717, 1.165) is 19.3 Å². The number of rotatable bonds is 6. The minimum atomic E-state index is -0.473. The van der Waals surface area contributed by atoms with Crippen molar-refractivity contribution in [1.29, 1.82) is 0 Å². The van der Waals surface area contributed by atoms with E-state index in [4.69, 9.17) is 0 Å². The summed E-state index contributed by atoms with van der Waals surface area (Å²) in [6.45, 7) is 4.44. The Labute approximate surface area is 95.9 Å². The summed E-state index contributed by atoms with van der Waals surface area (Å²) in [6, 6.07) is 4.31. The van der Waals surface area contributed by atoms with Gasteiger partial charge in [0.25, 0.3) is 0 Å². The number of nitrogens with one attached hydrogen (secondary N) is 1. The maximum atomic E-state index is 13.3. The van der Waals surface area contributed by atoms with Crippen LogP contribution in [0.25, 0.3) is 0 Å². The second kappa shape index (κ2) is 6.59. The minimum Gasteiger partial charge on any atom is -0.310 e. The second-order valence-corrected chi connectivity index (χ2v) is 3.97. The molecule has 1 N–H and O–H groups in total. The highest BCUT2D eigenvalue weighted by Gasteiger charge is 2.10. The summed E-state index contributed by atoms with van der Waals surface area (Å²) >= 11 is 0. The topological polar surface area (TPSA) is 12.0 Å². The van der Waals surface area contributed by atoms with Crippen molar-refractivity contribution in [2.75, 3.05) is 0 Å². The Balaban J connectivity index is 2.59. The van der Waals surface area contributed by atoms with E-state index in [1.165, 1.54) is 18.2 Å². The lowest BCUT2D eigenvalue weighted by molar-refractivity contribution is 0.445. The van der Waals surface area contributed by atoms with Crippen LogP contribution in [0.3, 0.4) is 0 Å². The Morgan fingerprint density at radius 3 is 2.31 bits per heavy atom. The van der Waals surface area contributed by atoms with Crippen LogP contribution in [-0.2, 0) is 6.54 Å². The molecule has 1 aromatic carbocycles. The van der Waals surface area contributed by atoms with Crippen LogP contribution in [0, 0.1) is 11.6 Å². The Morgan fingerprint density at radius 1 is 1.19 bits per heavy atom. The monoisotopic (exact) mass is 227 g/mol. The molecule has 1 rings (SSSR count). The largest absolute Gasteiger partial charge is 0.310 e. The lowest BCUT2D eigenvalue weighted by Crippen LogP contribution is -2.28. The highest BCUT2D eigenvalue weighted by Crippen LogP contribution is 2.12. The van der Waals surface area contributed by atoms with Crippen LogP contribution in [0.2, 0.25) is 0 Å². The quantitative estimate of drug-likeness (QED) is 0.782. The minimum absolute atomic E-state index is 0.136. The lowest BCUT2D eigenvalue weighted by atomic mass is 10.1. The first-order valence-corrected chi connectivity index (χ1v) is 5.85. The van der Waals surface area contributed by atoms with Crippen LogP contribution in [0.1, 0.15) is 38.7 Å². The third-order valence-electron chi connectivity index (χ3n) is 2.76. The van der Waals surface area contributed by atoms with Gasteiger partial charge in [0, 0.05) is 18.2 Å². The van der Waals surface area contributed by atoms with E-state index in [2.05, 4.69) is 19.2 Å². The molecule has 16 heavy (non-hydrogen) atoms. The van der Waals surface area contributed by atoms with Gasteiger partial charge in [-0.3, -0.25) is 0 Å². The van der Waals surface area contributed by atoms with Crippen molar-refractivity contribution in [3.63, 3.8) is 0 Å². The van der Waals surface area contributed by atoms with Crippen molar-refractivity contribution in [3.8, 4) is 0 Å². The zero-order chi connectivity index (χ0) is 12.0. The van der Waals surface area contributed by atoms with Gasteiger partial charge < -0.3 is 5.32 Å². The van der Waals surface area contributed by atoms with Crippen molar-refractivity contribution in [2.24, 2.45) is 0 Å². The summed E-state index contributed by atoms with van der Waals surface area (Å²) < 4.78 is 26.6. The van der Waals surface area contributed by atoms with Gasteiger partial charge in [0.05, 0.1) is 0 Å². The molecule has 0 saturated carbocycles. The first-order chi connectivity index (χ1) is 7.69. The third-order valence-corrected chi connectivity index (χ3v) is 2.76.